The Morgan fingerprint density at radius 3 is 2.61 bits per heavy atom. The van der Waals surface area contributed by atoms with E-state index in [1.807, 2.05) is 28.8 Å². The lowest BCUT2D eigenvalue weighted by Crippen LogP contribution is -2.26. The Bertz CT molecular complexity index is 618. The number of rotatable bonds is 2. The van der Waals surface area contributed by atoms with E-state index >= 15 is 0 Å². The van der Waals surface area contributed by atoms with Crippen molar-refractivity contribution in [1.29, 1.82) is 0 Å². The Labute approximate surface area is 105 Å². The van der Waals surface area contributed by atoms with Gasteiger partial charge >= 0.3 is 5.69 Å². The van der Waals surface area contributed by atoms with Gasteiger partial charge in [0.25, 0.3) is 0 Å². The molecule has 0 radical (unpaired) electrons. The molecule has 0 saturated heterocycles. The van der Waals surface area contributed by atoms with Crippen molar-refractivity contribution in [2.45, 2.75) is 31.7 Å². The van der Waals surface area contributed by atoms with Gasteiger partial charge in [0.1, 0.15) is 6.29 Å². The molecular formula is C14H16N2O2. The summed E-state index contributed by atoms with van der Waals surface area (Å²) < 4.78 is 1.86. The summed E-state index contributed by atoms with van der Waals surface area (Å²) in [6.45, 7) is 0. The van der Waals surface area contributed by atoms with Crippen LogP contribution in [0.3, 0.4) is 0 Å². The zero-order chi connectivity index (χ0) is 12.5. The summed E-state index contributed by atoms with van der Waals surface area (Å²) in [6, 6.07) is 7.99. The van der Waals surface area contributed by atoms with Gasteiger partial charge in [-0.15, -0.1) is 0 Å². The van der Waals surface area contributed by atoms with Crippen LogP contribution in [0, 0.1) is 5.92 Å². The van der Waals surface area contributed by atoms with Crippen LogP contribution in [0.15, 0.2) is 29.1 Å². The zero-order valence-electron chi connectivity index (χ0n) is 10.1. The molecule has 1 fully saturated rings. The Morgan fingerprint density at radius 2 is 1.89 bits per heavy atom. The predicted molar refractivity (Wildman–Crippen MR) is 69.6 cm³/mol. The molecule has 1 aromatic carbocycles. The fraction of sp³-hybridized carbons (Fsp3) is 0.429. The Kier molecular flexibility index (Phi) is 2.78. The van der Waals surface area contributed by atoms with Crippen LogP contribution >= 0.6 is 0 Å². The van der Waals surface area contributed by atoms with Gasteiger partial charge in [-0.2, -0.15) is 0 Å². The van der Waals surface area contributed by atoms with Gasteiger partial charge in [-0.25, -0.2) is 4.79 Å². The molecule has 0 amide bonds. The zero-order valence-corrected chi connectivity index (χ0v) is 10.1. The summed E-state index contributed by atoms with van der Waals surface area (Å²) in [5.41, 5.74) is 1.82. The molecule has 2 aromatic rings. The number of carbonyl (C=O) groups excluding carboxylic acids is 1. The van der Waals surface area contributed by atoms with Crippen LogP contribution in [-0.4, -0.2) is 15.8 Å². The van der Waals surface area contributed by atoms with Crippen molar-refractivity contribution in [3.63, 3.8) is 0 Å². The summed E-state index contributed by atoms with van der Waals surface area (Å²) in [5.74, 6) is 0.183. The van der Waals surface area contributed by atoms with Gasteiger partial charge in [0.2, 0.25) is 0 Å². The van der Waals surface area contributed by atoms with Crippen molar-refractivity contribution in [3.05, 3.63) is 34.7 Å². The first-order chi connectivity index (χ1) is 8.79. The predicted octanol–water partition coefficient (Wildman–Crippen LogP) is 2.26. The lowest BCUT2D eigenvalue weighted by Gasteiger charge is -2.26. The number of para-hydroxylation sites is 2. The third-order valence-electron chi connectivity index (χ3n) is 3.92. The van der Waals surface area contributed by atoms with E-state index in [1.165, 1.54) is 0 Å². The number of nitrogens with one attached hydrogen (secondary N) is 1. The Morgan fingerprint density at radius 1 is 1.17 bits per heavy atom. The highest BCUT2D eigenvalue weighted by atomic mass is 16.1. The Hall–Kier alpha value is -1.84. The van der Waals surface area contributed by atoms with E-state index in [-0.39, 0.29) is 17.6 Å². The van der Waals surface area contributed by atoms with Crippen molar-refractivity contribution in [2.24, 2.45) is 5.92 Å². The molecule has 0 unspecified atom stereocenters. The van der Waals surface area contributed by atoms with Crippen molar-refractivity contribution in [2.75, 3.05) is 0 Å². The summed E-state index contributed by atoms with van der Waals surface area (Å²) in [4.78, 5) is 25.7. The van der Waals surface area contributed by atoms with Crippen molar-refractivity contribution in [1.82, 2.24) is 9.55 Å². The summed E-state index contributed by atoms with van der Waals surface area (Å²) in [5, 5.41) is 0. The van der Waals surface area contributed by atoms with Gasteiger partial charge in [-0.1, -0.05) is 12.1 Å². The molecule has 1 saturated carbocycles. The van der Waals surface area contributed by atoms with Crippen LogP contribution in [0.25, 0.3) is 11.0 Å². The fourth-order valence-electron chi connectivity index (χ4n) is 2.93. The number of carbonyl (C=O) groups is 1. The molecule has 1 N–H and O–H groups in total. The van der Waals surface area contributed by atoms with Crippen LogP contribution in [-0.2, 0) is 4.79 Å². The van der Waals surface area contributed by atoms with Crippen molar-refractivity contribution in [3.8, 4) is 0 Å². The number of nitrogens with zero attached hydrogens (tertiary/aromatic N) is 1. The number of fused-ring (bicyclic) bond motifs is 1. The molecule has 1 aliphatic rings. The van der Waals surface area contributed by atoms with Gasteiger partial charge in [-0.3, -0.25) is 4.57 Å². The largest absolute Gasteiger partial charge is 0.326 e. The third kappa shape index (κ3) is 1.78. The van der Waals surface area contributed by atoms with Crippen molar-refractivity contribution >= 4 is 17.3 Å². The number of imidazole rings is 1. The smallest absolute Gasteiger partial charge is 0.306 e. The molecule has 1 aliphatic carbocycles. The molecule has 94 valence electrons. The van der Waals surface area contributed by atoms with E-state index < -0.39 is 0 Å². The molecule has 0 atom stereocenters. The number of aromatic nitrogens is 2. The average molecular weight is 244 g/mol. The van der Waals surface area contributed by atoms with Crippen LogP contribution < -0.4 is 5.69 Å². The number of hydrogen-bond acceptors (Lipinski definition) is 2. The van der Waals surface area contributed by atoms with Gasteiger partial charge in [-0.05, 0) is 37.8 Å². The maximum absolute atomic E-state index is 12.0. The number of aromatic amines is 1. The second kappa shape index (κ2) is 4.44. The van der Waals surface area contributed by atoms with E-state index in [4.69, 9.17) is 0 Å². The quantitative estimate of drug-likeness (QED) is 0.824. The van der Waals surface area contributed by atoms with E-state index in [1.54, 1.807) is 0 Å². The van der Waals surface area contributed by atoms with Crippen LogP contribution in [0.2, 0.25) is 0 Å². The molecular weight excluding hydrogens is 228 g/mol. The highest BCUT2D eigenvalue weighted by Gasteiger charge is 2.24. The van der Waals surface area contributed by atoms with Gasteiger partial charge in [0.15, 0.2) is 0 Å². The highest BCUT2D eigenvalue weighted by Crippen LogP contribution is 2.31. The molecule has 4 heteroatoms. The number of benzene rings is 1. The molecule has 3 rings (SSSR count). The first-order valence-corrected chi connectivity index (χ1v) is 6.44. The summed E-state index contributed by atoms with van der Waals surface area (Å²) in [6.07, 6.45) is 4.64. The van der Waals surface area contributed by atoms with Gasteiger partial charge in [0.05, 0.1) is 11.0 Å². The first kappa shape index (κ1) is 11.3. The fourth-order valence-corrected chi connectivity index (χ4v) is 2.93. The third-order valence-corrected chi connectivity index (χ3v) is 3.92. The molecule has 1 heterocycles. The van der Waals surface area contributed by atoms with Gasteiger partial charge in [0, 0.05) is 12.0 Å². The van der Waals surface area contributed by atoms with Crippen LogP contribution in [0.4, 0.5) is 0 Å². The molecule has 18 heavy (non-hydrogen) atoms. The lowest BCUT2D eigenvalue weighted by molar-refractivity contribution is -0.112. The molecule has 0 spiro atoms. The average Bonchev–Trinajstić information content (AvgIpc) is 2.75. The maximum Gasteiger partial charge on any atom is 0.326 e. The summed E-state index contributed by atoms with van der Waals surface area (Å²) in [7, 11) is 0. The van der Waals surface area contributed by atoms with E-state index in [2.05, 4.69) is 4.98 Å². The molecule has 1 aromatic heterocycles. The normalized spacial score (nSPS) is 24.2. The molecule has 0 aliphatic heterocycles. The minimum absolute atomic E-state index is 0.0363. The first-order valence-electron chi connectivity index (χ1n) is 6.44. The van der Waals surface area contributed by atoms with Crippen LogP contribution in [0.1, 0.15) is 31.7 Å². The second-order valence-electron chi connectivity index (χ2n) is 5.02. The SMILES string of the molecule is O=C[C@H]1CC[C@@H](n2c(=O)[nH]c3ccccc32)CC1. The number of aldehydes is 1. The number of H-pyrrole nitrogens is 1. The summed E-state index contributed by atoms with van der Waals surface area (Å²) >= 11 is 0. The van der Waals surface area contributed by atoms with E-state index in [9.17, 15) is 9.59 Å². The standard InChI is InChI=1S/C14H16N2O2/c17-9-10-5-7-11(8-6-10)16-13-4-2-1-3-12(13)15-14(16)18/h1-4,9-11H,5-8H2,(H,15,18)/t10-,11+. The molecule has 0 bridgehead atoms. The van der Waals surface area contributed by atoms with Crippen LogP contribution in [0.5, 0.6) is 0 Å². The number of hydrogen-bond donors (Lipinski definition) is 1. The van der Waals surface area contributed by atoms with Crippen molar-refractivity contribution < 1.29 is 4.79 Å². The van der Waals surface area contributed by atoms with E-state index in [0.29, 0.717) is 0 Å². The second-order valence-corrected chi connectivity index (χ2v) is 5.02. The monoisotopic (exact) mass is 244 g/mol. The Balaban J connectivity index is 1.97. The minimum atomic E-state index is -0.0363. The molecule has 4 nitrogen and oxygen atoms in total. The maximum atomic E-state index is 12.0. The van der Waals surface area contributed by atoms with Gasteiger partial charge < -0.3 is 9.78 Å². The lowest BCUT2D eigenvalue weighted by atomic mass is 9.87. The minimum Gasteiger partial charge on any atom is -0.306 e. The highest BCUT2D eigenvalue weighted by molar-refractivity contribution is 5.75. The van der Waals surface area contributed by atoms with E-state index in [0.717, 1.165) is 43.0 Å². The topological polar surface area (TPSA) is 54.9 Å².